The minimum atomic E-state index is -0.544. The molecule has 0 bridgehead atoms. The number of hydrogen-bond donors (Lipinski definition) is 2. The van der Waals surface area contributed by atoms with Crippen molar-refractivity contribution in [1.82, 2.24) is 0 Å². The molecular formula is C36H34O3. The third-order valence-electron chi connectivity index (χ3n) is 7.50. The molecule has 196 valence electrons. The summed E-state index contributed by atoms with van der Waals surface area (Å²) in [5.41, 5.74) is 6.19. The average molecular weight is 515 g/mol. The predicted octanol–water partition coefficient (Wildman–Crippen LogP) is 8.97. The average Bonchev–Trinajstić information content (AvgIpc) is 2.99. The predicted molar refractivity (Wildman–Crippen MR) is 159 cm³/mol. The van der Waals surface area contributed by atoms with Gasteiger partial charge in [-0.1, -0.05) is 98.8 Å². The SMILES string of the molecule is CCCOc1ccc(C(CC)(c2ccc(O)c(-c3ccccc3)c2)c2ccc(O)c(-c3ccccc3)c2)cc1. The molecular weight excluding hydrogens is 480 g/mol. The molecule has 39 heavy (non-hydrogen) atoms. The van der Waals surface area contributed by atoms with E-state index in [-0.39, 0.29) is 11.5 Å². The Bertz CT molecular complexity index is 1430. The minimum Gasteiger partial charge on any atom is -0.507 e. The Labute approximate surface area is 231 Å². The molecule has 0 atom stereocenters. The first-order valence-corrected chi connectivity index (χ1v) is 13.6. The molecule has 2 N–H and O–H groups in total. The van der Waals surface area contributed by atoms with Crippen LogP contribution < -0.4 is 4.74 Å². The van der Waals surface area contributed by atoms with E-state index < -0.39 is 5.41 Å². The summed E-state index contributed by atoms with van der Waals surface area (Å²) < 4.78 is 5.89. The van der Waals surface area contributed by atoms with Crippen molar-refractivity contribution in [2.75, 3.05) is 6.61 Å². The maximum atomic E-state index is 10.9. The quantitative estimate of drug-likeness (QED) is 0.193. The van der Waals surface area contributed by atoms with Crippen molar-refractivity contribution in [3.05, 3.63) is 138 Å². The third-order valence-corrected chi connectivity index (χ3v) is 7.50. The van der Waals surface area contributed by atoms with Gasteiger partial charge in [-0.05, 0) is 77.1 Å². The van der Waals surface area contributed by atoms with Crippen LogP contribution in [0.2, 0.25) is 0 Å². The maximum absolute atomic E-state index is 10.9. The molecule has 3 heteroatoms. The smallest absolute Gasteiger partial charge is 0.123 e. The van der Waals surface area contributed by atoms with E-state index >= 15 is 0 Å². The van der Waals surface area contributed by atoms with Crippen molar-refractivity contribution in [3.63, 3.8) is 0 Å². The topological polar surface area (TPSA) is 49.7 Å². The largest absolute Gasteiger partial charge is 0.507 e. The monoisotopic (exact) mass is 514 g/mol. The van der Waals surface area contributed by atoms with Gasteiger partial charge in [0, 0.05) is 16.5 Å². The van der Waals surface area contributed by atoms with Crippen LogP contribution >= 0.6 is 0 Å². The molecule has 3 nitrogen and oxygen atoms in total. The molecule has 0 spiro atoms. The van der Waals surface area contributed by atoms with Crippen molar-refractivity contribution in [2.45, 2.75) is 32.1 Å². The van der Waals surface area contributed by atoms with E-state index in [1.54, 1.807) is 12.1 Å². The highest BCUT2D eigenvalue weighted by Gasteiger charge is 2.36. The van der Waals surface area contributed by atoms with E-state index in [1.807, 2.05) is 84.9 Å². The van der Waals surface area contributed by atoms with Gasteiger partial charge in [0.2, 0.25) is 0 Å². The fourth-order valence-electron chi connectivity index (χ4n) is 5.47. The van der Waals surface area contributed by atoms with Crippen LogP contribution in [0.25, 0.3) is 22.3 Å². The summed E-state index contributed by atoms with van der Waals surface area (Å²) in [4.78, 5) is 0. The van der Waals surface area contributed by atoms with Gasteiger partial charge in [-0.3, -0.25) is 0 Å². The van der Waals surface area contributed by atoms with Gasteiger partial charge < -0.3 is 14.9 Å². The van der Waals surface area contributed by atoms with Crippen LogP contribution in [0.3, 0.4) is 0 Å². The van der Waals surface area contributed by atoms with Gasteiger partial charge in [-0.25, -0.2) is 0 Å². The highest BCUT2D eigenvalue weighted by Crippen LogP contribution is 2.47. The molecule has 0 heterocycles. The minimum absolute atomic E-state index is 0.244. The zero-order chi connectivity index (χ0) is 27.2. The first-order chi connectivity index (χ1) is 19.1. The molecule has 0 saturated carbocycles. The van der Waals surface area contributed by atoms with Gasteiger partial charge >= 0.3 is 0 Å². The Morgan fingerprint density at radius 3 is 1.46 bits per heavy atom. The number of phenolic OH excluding ortho intramolecular Hbond substituents is 2. The number of aromatic hydroxyl groups is 2. The molecule has 0 fully saturated rings. The summed E-state index contributed by atoms with van der Waals surface area (Å²) in [6.45, 7) is 4.96. The van der Waals surface area contributed by atoms with Gasteiger partial charge in [-0.15, -0.1) is 0 Å². The molecule has 5 rings (SSSR count). The maximum Gasteiger partial charge on any atom is 0.123 e. The Balaban J connectivity index is 1.74. The van der Waals surface area contributed by atoms with E-state index in [1.165, 1.54) is 0 Å². The lowest BCUT2D eigenvalue weighted by Crippen LogP contribution is -2.28. The summed E-state index contributed by atoms with van der Waals surface area (Å²) in [5.74, 6) is 1.33. The Morgan fingerprint density at radius 1 is 0.564 bits per heavy atom. The standard InChI is InChI=1S/C36H34O3/c1-3-23-39-31-19-15-28(16-20-31)36(4-2,29-17-21-34(37)32(24-29)26-11-7-5-8-12-26)30-18-22-35(38)33(25-30)27-13-9-6-10-14-27/h5-22,24-25,37-38H,3-4,23H2,1-2H3. The number of hydrogen-bond acceptors (Lipinski definition) is 3. The summed E-state index contributed by atoms with van der Waals surface area (Å²) in [5, 5.41) is 21.7. The third kappa shape index (κ3) is 5.13. The van der Waals surface area contributed by atoms with Crippen LogP contribution in [0.1, 0.15) is 43.4 Å². The highest BCUT2D eigenvalue weighted by molar-refractivity contribution is 5.74. The second-order valence-electron chi connectivity index (χ2n) is 9.83. The van der Waals surface area contributed by atoms with Crippen molar-refractivity contribution in [1.29, 1.82) is 0 Å². The van der Waals surface area contributed by atoms with Gasteiger partial charge in [0.15, 0.2) is 0 Å². The summed E-state index contributed by atoms with van der Waals surface area (Å²) >= 11 is 0. The van der Waals surface area contributed by atoms with E-state index in [2.05, 4.69) is 38.1 Å². The van der Waals surface area contributed by atoms with Crippen LogP contribution in [-0.4, -0.2) is 16.8 Å². The highest BCUT2D eigenvalue weighted by atomic mass is 16.5. The number of ether oxygens (including phenoxy) is 1. The number of benzene rings is 5. The lowest BCUT2D eigenvalue weighted by atomic mass is 9.67. The lowest BCUT2D eigenvalue weighted by molar-refractivity contribution is 0.317. The second kappa shape index (κ2) is 11.5. The van der Waals surface area contributed by atoms with Crippen LogP contribution in [0, 0.1) is 0 Å². The second-order valence-corrected chi connectivity index (χ2v) is 9.83. The molecule has 0 aliphatic rings. The van der Waals surface area contributed by atoms with Gasteiger partial charge in [0.1, 0.15) is 17.2 Å². The molecule has 0 amide bonds. The molecule has 0 aliphatic heterocycles. The first kappa shape index (κ1) is 26.1. The number of rotatable bonds is 9. The normalized spacial score (nSPS) is 11.3. The number of phenols is 2. The first-order valence-electron chi connectivity index (χ1n) is 13.6. The van der Waals surface area contributed by atoms with Gasteiger partial charge in [-0.2, -0.15) is 0 Å². The van der Waals surface area contributed by atoms with Crippen LogP contribution in [-0.2, 0) is 5.41 Å². The molecule has 0 unspecified atom stereocenters. The van der Waals surface area contributed by atoms with Crippen molar-refractivity contribution in [2.24, 2.45) is 0 Å². The van der Waals surface area contributed by atoms with Crippen molar-refractivity contribution in [3.8, 4) is 39.5 Å². The fraction of sp³-hybridized carbons (Fsp3) is 0.167. The molecule has 5 aromatic carbocycles. The molecule has 0 aliphatic carbocycles. The summed E-state index contributed by atoms with van der Waals surface area (Å²) in [7, 11) is 0. The van der Waals surface area contributed by atoms with Crippen molar-refractivity contribution >= 4 is 0 Å². The summed E-state index contributed by atoms with van der Waals surface area (Å²) in [6, 6.07) is 40.1. The van der Waals surface area contributed by atoms with E-state index in [9.17, 15) is 10.2 Å². The van der Waals surface area contributed by atoms with Crippen LogP contribution in [0.4, 0.5) is 0 Å². The van der Waals surface area contributed by atoms with E-state index in [4.69, 9.17) is 4.74 Å². The Kier molecular flexibility index (Phi) is 7.69. The Hall–Kier alpha value is -4.50. The molecule has 0 radical (unpaired) electrons. The van der Waals surface area contributed by atoms with E-state index in [0.29, 0.717) is 6.61 Å². The zero-order valence-corrected chi connectivity index (χ0v) is 22.5. The molecule has 0 aromatic heterocycles. The Morgan fingerprint density at radius 2 is 1.03 bits per heavy atom. The summed E-state index contributed by atoms with van der Waals surface area (Å²) in [6.07, 6.45) is 1.71. The van der Waals surface area contributed by atoms with Crippen molar-refractivity contribution < 1.29 is 14.9 Å². The van der Waals surface area contributed by atoms with Gasteiger partial charge in [0.05, 0.1) is 6.61 Å². The van der Waals surface area contributed by atoms with Crippen LogP contribution in [0.15, 0.2) is 121 Å². The van der Waals surface area contributed by atoms with E-state index in [0.717, 1.165) is 57.5 Å². The van der Waals surface area contributed by atoms with Crippen LogP contribution in [0.5, 0.6) is 17.2 Å². The zero-order valence-electron chi connectivity index (χ0n) is 22.5. The molecule has 0 saturated heterocycles. The van der Waals surface area contributed by atoms with Gasteiger partial charge in [0.25, 0.3) is 0 Å². The molecule has 5 aromatic rings. The lowest BCUT2D eigenvalue weighted by Gasteiger charge is -2.36. The fourth-order valence-corrected chi connectivity index (χ4v) is 5.47.